The van der Waals surface area contributed by atoms with Crippen molar-refractivity contribution in [2.45, 2.75) is 18.5 Å². The fourth-order valence-corrected chi connectivity index (χ4v) is 3.09. The number of nitrogens with zero attached hydrogens (tertiary/aromatic N) is 3. The van der Waals surface area contributed by atoms with Gasteiger partial charge >= 0.3 is 5.97 Å². The van der Waals surface area contributed by atoms with Crippen LogP contribution in [0.2, 0.25) is 0 Å². The van der Waals surface area contributed by atoms with Crippen molar-refractivity contribution in [3.8, 4) is 0 Å². The molecule has 0 saturated carbocycles. The molecule has 1 aromatic carbocycles. The lowest BCUT2D eigenvalue weighted by atomic mass is 10.00. The second-order valence-corrected chi connectivity index (χ2v) is 5.93. The number of hydrogen-bond acceptors (Lipinski definition) is 6. The molecule has 0 amide bonds. The average molecular weight is 348 g/mol. The molecule has 132 valence electrons. The minimum atomic E-state index is -0.863. The maximum Gasteiger partial charge on any atom is 0.358 e. The number of halogens is 2. The molecule has 6 nitrogen and oxygen atoms in total. The molecule has 2 heterocycles. The summed E-state index contributed by atoms with van der Waals surface area (Å²) >= 11 is 0. The van der Waals surface area contributed by atoms with Crippen LogP contribution in [0, 0.1) is 11.6 Å². The first kappa shape index (κ1) is 17.2. The fraction of sp³-hybridized carbons (Fsp3) is 0.353. The van der Waals surface area contributed by atoms with Gasteiger partial charge in [-0.1, -0.05) is 6.07 Å². The van der Waals surface area contributed by atoms with Gasteiger partial charge in [-0.15, -0.1) is 10.2 Å². The fourth-order valence-electron chi connectivity index (χ4n) is 3.09. The number of likely N-dealkylation sites (N-methyl/N-ethyl adjacent to an activating group) is 1. The number of likely N-dealkylation sites (tertiary alicyclic amines) is 1. The van der Waals surface area contributed by atoms with E-state index in [0.29, 0.717) is 11.4 Å². The zero-order valence-corrected chi connectivity index (χ0v) is 13.9. The Bertz CT molecular complexity index is 770. The SMILES string of the molecule is COC(=O)c1ccc(NC2CCN(C)C2c2ccc(F)c(F)c2)nn1. The van der Waals surface area contributed by atoms with Gasteiger partial charge in [-0.25, -0.2) is 13.6 Å². The summed E-state index contributed by atoms with van der Waals surface area (Å²) in [6.45, 7) is 0.801. The van der Waals surface area contributed by atoms with E-state index in [4.69, 9.17) is 0 Å². The predicted octanol–water partition coefficient (Wildman–Crippen LogP) is 2.40. The van der Waals surface area contributed by atoms with Crippen LogP contribution in [0.1, 0.15) is 28.5 Å². The van der Waals surface area contributed by atoms with Gasteiger partial charge in [0.2, 0.25) is 0 Å². The lowest BCUT2D eigenvalue weighted by Crippen LogP contribution is -2.29. The van der Waals surface area contributed by atoms with Gasteiger partial charge < -0.3 is 10.1 Å². The van der Waals surface area contributed by atoms with E-state index >= 15 is 0 Å². The van der Waals surface area contributed by atoms with E-state index in [2.05, 4.69) is 25.2 Å². The van der Waals surface area contributed by atoms with Crippen molar-refractivity contribution in [3.05, 3.63) is 53.2 Å². The van der Waals surface area contributed by atoms with Gasteiger partial charge in [0.05, 0.1) is 13.2 Å². The second kappa shape index (κ2) is 7.10. The van der Waals surface area contributed by atoms with E-state index in [1.165, 1.54) is 19.2 Å². The van der Waals surface area contributed by atoms with Gasteiger partial charge in [0.1, 0.15) is 5.82 Å². The van der Waals surface area contributed by atoms with E-state index in [1.807, 2.05) is 7.05 Å². The van der Waals surface area contributed by atoms with Crippen LogP contribution in [0.15, 0.2) is 30.3 Å². The van der Waals surface area contributed by atoms with Crippen molar-refractivity contribution in [1.29, 1.82) is 0 Å². The molecule has 8 heteroatoms. The molecular weight excluding hydrogens is 330 g/mol. The first-order valence-corrected chi connectivity index (χ1v) is 7.83. The zero-order valence-electron chi connectivity index (χ0n) is 13.9. The highest BCUT2D eigenvalue weighted by Gasteiger charge is 2.33. The van der Waals surface area contributed by atoms with Crippen LogP contribution in [0.5, 0.6) is 0 Å². The molecule has 0 radical (unpaired) electrons. The number of carbonyl (C=O) groups excluding carboxylic acids is 1. The number of ether oxygens (including phenoxy) is 1. The summed E-state index contributed by atoms with van der Waals surface area (Å²) in [6, 6.07) is 6.93. The highest BCUT2D eigenvalue weighted by atomic mass is 19.2. The molecule has 2 aromatic rings. The van der Waals surface area contributed by atoms with E-state index in [0.717, 1.165) is 19.0 Å². The molecular formula is C17H18F2N4O2. The van der Waals surface area contributed by atoms with Gasteiger partial charge in [0.25, 0.3) is 0 Å². The second-order valence-electron chi connectivity index (χ2n) is 5.93. The third-order valence-electron chi connectivity index (χ3n) is 4.33. The summed E-state index contributed by atoms with van der Waals surface area (Å²) < 4.78 is 31.4. The van der Waals surface area contributed by atoms with Crippen LogP contribution in [0.3, 0.4) is 0 Å². The van der Waals surface area contributed by atoms with Crippen LogP contribution in [-0.2, 0) is 4.74 Å². The zero-order chi connectivity index (χ0) is 18.0. The molecule has 1 aromatic heterocycles. The Labute approximate surface area is 143 Å². The third kappa shape index (κ3) is 3.58. The number of nitrogens with one attached hydrogen (secondary N) is 1. The van der Waals surface area contributed by atoms with Crippen LogP contribution < -0.4 is 5.32 Å². The Balaban J connectivity index is 1.78. The van der Waals surface area contributed by atoms with Crippen molar-refractivity contribution in [2.75, 3.05) is 26.0 Å². The maximum absolute atomic E-state index is 13.6. The van der Waals surface area contributed by atoms with Gasteiger partial charge in [0.15, 0.2) is 17.3 Å². The summed E-state index contributed by atoms with van der Waals surface area (Å²) in [4.78, 5) is 13.5. The number of hydrogen-bond donors (Lipinski definition) is 1. The summed E-state index contributed by atoms with van der Waals surface area (Å²) in [5, 5.41) is 11.1. The number of anilines is 1. The van der Waals surface area contributed by atoms with Crippen LogP contribution in [-0.4, -0.2) is 47.8 Å². The van der Waals surface area contributed by atoms with Crippen LogP contribution in [0.25, 0.3) is 0 Å². The molecule has 1 fully saturated rings. The van der Waals surface area contributed by atoms with Crippen molar-refractivity contribution in [1.82, 2.24) is 15.1 Å². The maximum atomic E-state index is 13.6. The Morgan fingerprint density at radius 2 is 2.04 bits per heavy atom. The predicted molar refractivity (Wildman–Crippen MR) is 87.1 cm³/mol. The Kier molecular flexibility index (Phi) is 4.89. The molecule has 2 unspecified atom stereocenters. The molecule has 1 aliphatic heterocycles. The summed E-state index contributed by atoms with van der Waals surface area (Å²) in [6.07, 6.45) is 0.806. The lowest BCUT2D eigenvalue weighted by Gasteiger charge is -2.26. The van der Waals surface area contributed by atoms with E-state index < -0.39 is 17.6 Å². The standard InChI is InChI=1S/C17H18F2N4O2/c1-23-8-7-13(16(23)10-3-4-11(18)12(19)9-10)20-15-6-5-14(21-22-15)17(24)25-2/h3-6,9,13,16H,7-8H2,1-2H3,(H,20,22). The highest BCUT2D eigenvalue weighted by molar-refractivity contribution is 5.86. The number of benzene rings is 1. The first-order valence-electron chi connectivity index (χ1n) is 7.83. The lowest BCUT2D eigenvalue weighted by molar-refractivity contribution is 0.0592. The summed E-state index contributed by atoms with van der Waals surface area (Å²) in [5.74, 6) is -1.78. The number of methoxy groups -OCH3 is 1. The largest absolute Gasteiger partial charge is 0.464 e. The molecule has 0 bridgehead atoms. The minimum Gasteiger partial charge on any atom is -0.464 e. The third-order valence-corrected chi connectivity index (χ3v) is 4.33. The highest BCUT2D eigenvalue weighted by Crippen LogP contribution is 2.33. The first-order chi connectivity index (χ1) is 12.0. The van der Waals surface area contributed by atoms with Crippen molar-refractivity contribution < 1.29 is 18.3 Å². The van der Waals surface area contributed by atoms with E-state index in [-0.39, 0.29) is 17.8 Å². The molecule has 1 N–H and O–H groups in total. The van der Waals surface area contributed by atoms with Gasteiger partial charge in [-0.05, 0) is 43.3 Å². The van der Waals surface area contributed by atoms with E-state index in [9.17, 15) is 13.6 Å². The summed E-state index contributed by atoms with van der Waals surface area (Å²) in [7, 11) is 3.20. The molecule has 2 atom stereocenters. The van der Waals surface area contributed by atoms with Gasteiger partial charge in [-0.2, -0.15) is 0 Å². The Morgan fingerprint density at radius 1 is 1.24 bits per heavy atom. The van der Waals surface area contributed by atoms with E-state index in [1.54, 1.807) is 12.1 Å². The number of rotatable bonds is 4. The monoisotopic (exact) mass is 348 g/mol. The number of aromatic nitrogens is 2. The van der Waals surface area contributed by atoms with Crippen LogP contribution >= 0.6 is 0 Å². The Morgan fingerprint density at radius 3 is 2.68 bits per heavy atom. The molecule has 1 saturated heterocycles. The molecule has 0 aliphatic carbocycles. The van der Waals surface area contributed by atoms with Crippen molar-refractivity contribution >= 4 is 11.8 Å². The molecule has 3 rings (SSSR count). The quantitative estimate of drug-likeness (QED) is 0.856. The molecule has 0 spiro atoms. The Hall–Kier alpha value is -2.61. The number of carbonyl (C=O) groups is 1. The van der Waals surface area contributed by atoms with Gasteiger partial charge in [0, 0.05) is 12.6 Å². The molecule has 25 heavy (non-hydrogen) atoms. The summed E-state index contributed by atoms with van der Waals surface area (Å²) in [5.41, 5.74) is 0.810. The topological polar surface area (TPSA) is 67.3 Å². The average Bonchev–Trinajstić information content (AvgIpc) is 2.98. The normalized spacial score (nSPS) is 20.5. The minimum absolute atomic E-state index is 0.0480. The van der Waals surface area contributed by atoms with Crippen LogP contribution in [0.4, 0.5) is 14.6 Å². The van der Waals surface area contributed by atoms with Gasteiger partial charge in [-0.3, -0.25) is 4.90 Å². The smallest absolute Gasteiger partial charge is 0.358 e. The van der Waals surface area contributed by atoms with Crippen molar-refractivity contribution in [3.63, 3.8) is 0 Å². The number of esters is 1. The molecule has 1 aliphatic rings. The van der Waals surface area contributed by atoms with Crippen molar-refractivity contribution in [2.24, 2.45) is 0 Å².